The number of benzene rings is 1. The van der Waals surface area contributed by atoms with Gasteiger partial charge in [-0.15, -0.1) is 0 Å². The molecular weight excluding hydrogens is 260 g/mol. The molecule has 0 atom stereocenters. The lowest BCUT2D eigenvalue weighted by Gasteiger charge is -2.21. The van der Waals surface area contributed by atoms with Gasteiger partial charge >= 0.3 is 0 Å². The first-order chi connectivity index (χ1) is 9.81. The van der Waals surface area contributed by atoms with Crippen LogP contribution in [0, 0.1) is 13.8 Å². The van der Waals surface area contributed by atoms with E-state index in [2.05, 4.69) is 55.4 Å². The van der Waals surface area contributed by atoms with E-state index in [1.165, 1.54) is 5.56 Å². The highest BCUT2D eigenvalue weighted by molar-refractivity contribution is 5.65. The van der Waals surface area contributed by atoms with Crippen LogP contribution in [0.1, 0.15) is 37.7 Å². The standard InChI is InChI=1S/C17H24N4/c1-11-8-7-9-13(10-11)19-15-12(2)14(18-6)20-16(21-15)17(3,4)5/h7-10H,1-6H3,(H2,18,19,20,21). The number of hydrogen-bond donors (Lipinski definition) is 2. The van der Waals surface area contributed by atoms with E-state index in [9.17, 15) is 0 Å². The Balaban J connectivity index is 2.47. The molecule has 112 valence electrons. The summed E-state index contributed by atoms with van der Waals surface area (Å²) in [6, 6.07) is 8.27. The third-order valence-corrected chi connectivity index (χ3v) is 3.33. The lowest BCUT2D eigenvalue weighted by Crippen LogP contribution is -2.18. The molecule has 0 radical (unpaired) electrons. The van der Waals surface area contributed by atoms with Gasteiger partial charge in [0, 0.05) is 23.7 Å². The van der Waals surface area contributed by atoms with Crippen LogP contribution in [0.4, 0.5) is 17.3 Å². The number of aromatic nitrogens is 2. The SMILES string of the molecule is CNc1nc(C(C)(C)C)nc(Nc2cccc(C)c2)c1C. The monoisotopic (exact) mass is 284 g/mol. The maximum absolute atomic E-state index is 4.71. The Morgan fingerprint density at radius 2 is 1.67 bits per heavy atom. The second-order valence-electron chi connectivity index (χ2n) is 6.36. The van der Waals surface area contributed by atoms with Gasteiger partial charge in [-0.25, -0.2) is 9.97 Å². The van der Waals surface area contributed by atoms with Gasteiger partial charge in [0.15, 0.2) is 0 Å². The Hall–Kier alpha value is -2.10. The minimum atomic E-state index is -0.0949. The van der Waals surface area contributed by atoms with Crippen molar-refractivity contribution in [2.45, 2.75) is 40.0 Å². The van der Waals surface area contributed by atoms with Crippen molar-refractivity contribution in [3.63, 3.8) is 0 Å². The third-order valence-electron chi connectivity index (χ3n) is 3.33. The van der Waals surface area contributed by atoms with Crippen LogP contribution in [0.3, 0.4) is 0 Å². The van der Waals surface area contributed by atoms with E-state index in [1.807, 2.05) is 26.1 Å². The predicted molar refractivity (Wildman–Crippen MR) is 89.5 cm³/mol. The van der Waals surface area contributed by atoms with Gasteiger partial charge in [-0.2, -0.15) is 0 Å². The lowest BCUT2D eigenvalue weighted by molar-refractivity contribution is 0.546. The molecule has 0 aliphatic heterocycles. The van der Waals surface area contributed by atoms with Crippen LogP contribution < -0.4 is 10.6 Å². The summed E-state index contributed by atoms with van der Waals surface area (Å²) >= 11 is 0. The van der Waals surface area contributed by atoms with Crippen molar-refractivity contribution in [1.29, 1.82) is 0 Å². The molecule has 1 aromatic carbocycles. The third kappa shape index (κ3) is 3.51. The van der Waals surface area contributed by atoms with Gasteiger partial charge < -0.3 is 10.6 Å². The van der Waals surface area contributed by atoms with Crippen molar-refractivity contribution in [2.24, 2.45) is 0 Å². The summed E-state index contributed by atoms with van der Waals surface area (Å²) in [5, 5.41) is 6.56. The van der Waals surface area contributed by atoms with Crippen LogP contribution >= 0.6 is 0 Å². The summed E-state index contributed by atoms with van der Waals surface area (Å²) < 4.78 is 0. The number of nitrogens with one attached hydrogen (secondary N) is 2. The minimum Gasteiger partial charge on any atom is -0.373 e. The van der Waals surface area contributed by atoms with E-state index in [-0.39, 0.29) is 5.41 Å². The fourth-order valence-electron chi connectivity index (χ4n) is 2.08. The molecule has 0 spiro atoms. The fourth-order valence-corrected chi connectivity index (χ4v) is 2.08. The maximum Gasteiger partial charge on any atom is 0.139 e. The number of nitrogens with zero attached hydrogens (tertiary/aromatic N) is 2. The molecule has 21 heavy (non-hydrogen) atoms. The predicted octanol–water partition coefficient (Wildman–Crippen LogP) is 4.18. The molecule has 0 bridgehead atoms. The Bertz CT molecular complexity index is 642. The van der Waals surface area contributed by atoms with Crippen LogP contribution in [0.15, 0.2) is 24.3 Å². The molecule has 4 heteroatoms. The molecule has 2 N–H and O–H groups in total. The Morgan fingerprint density at radius 1 is 1.00 bits per heavy atom. The smallest absolute Gasteiger partial charge is 0.139 e. The largest absolute Gasteiger partial charge is 0.373 e. The molecule has 0 aliphatic carbocycles. The van der Waals surface area contributed by atoms with Gasteiger partial charge in [0.05, 0.1) is 0 Å². The van der Waals surface area contributed by atoms with Crippen molar-refractivity contribution in [2.75, 3.05) is 17.7 Å². The summed E-state index contributed by atoms with van der Waals surface area (Å²) in [4.78, 5) is 9.33. The number of rotatable bonds is 3. The normalized spacial score (nSPS) is 11.3. The quantitative estimate of drug-likeness (QED) is 0.888. The molecule has 0 unspecified atom stereocenters. The van der Waals surface area contributed by atoms with Crippen molar-refractivity contribution in [1.82, 2.24) is 9.97 Å². The molecule has 0 aliphatic rings. The van der Waals surface area contributed by atoms with Crippen molar-refractivity contribution < 1.29 is 0 Å². The highest BCUT2D eigenvalue weighted by Crippen LogP contribution is 2.28. The van der Waals surface area contributed by atoms with Crippen LogP contribution in [0.25, 0.3) is 0 Å². The van der Waals surface area contributed by atoms with Gasteiger partial charge in [0.1, 0.15) is 17.5 Å². The Kier molecular flexibility index (Phi) is 4.16. The molecule has 2 aromatic rings. The highest BCUT2D eigenvalue weighted by Gasteiger charge is 2.21. The summed E-state index contributed by atoms with van der Waals surface area (Å²) in [5.74, 6) is 2.54. The summed E-state index contributed by atoms with van der Waals surface area (Å²) in [6.45, 7) is 10.5. The van der Waals surface area contributed by atoms with Gasteiger partial charge in [0.2, 0.25) is 0 Å². The first-order valence-electron chi connectivity index (χ1n) is 7.22. The van der Waals surface area contributed by atoms with Crippen molar-refractivity contribution >= 4 is 17.3 Å². The Morgan fingerprint density at radius 3 is 2.24 bits per heavy atom. The molecule has 0 amide bonds. The average molecular weight is 284 g/mol. The van der Waals surface area contributed by atoms with Gasteiger partial charge in [-0.1, -0.05) is 32.9 Å². The molecule has 0 saturated heterocycles. The molecule has 1 heterocycles. The van der Waals surface area contributed by atoms with E-state index in [1.54, 1.807) is 0 Å². The van der Waals surface area contributed by atoms with Gasteiger partial charge in [0.25, 0.3) is 0 Å². The number of hydrogen-bond acceptors (Lipinski definition) is 4. The van der Waals surface area contributed by atoms with Crippen LogP contribution in [-0.4, -0.2) is 17.0 Å². The maximum atomic E-state index is 4.71. The summed E-state index contributed by atoms with van der Waals surface area (Å²) in [6.07, 6.45) is 0. The van der Waals surface area contributed by atoms with E-state index >= 15 is 0 Å². The first-order valence-corrected chi connectivity index (χ1v) is 7.22. The molecule has 0 saturated carbocycles. The van der Waals surface area contributed by atoms with Crippen molar-refractivity contribution in [3.05, 3.63) is 41.2 Å². The Labute approximate surface area is 127 Å². The zero-order valence-corrected chi connectivity index (χ0v) is 13.7. The molecule has 0 fully saturated rings. The number of aryl methyl sites for hydroxylation is 1. The second kappa shape index (κ2) is 5.72. The van der Waals surface area contributed by atoms with E-state index in [4.69, 9.17) is 4.98 Å². The number of anilines is 3. The zero-order valence-electron chi connectivity index (χ0n) is 13.7. The summed E-state index contributed by atoms with van der Waals surface area (Å²) in [5.41, 5.74) is 3.19. The van der Waals surface area contributed by atoms with Crippen LogP contribution in [-0.2, 0) is 5.41 Å². The van der Waals surface area contributed by atoms with E-state index in [0.29, 0.717) is 0 Å². The van der Waals surface area contributed by atoms with Crippen LogP contribution in [0.5, 0.6) is 0 Å². The lowest BCUT2D eigenvalue weighted by atomic mass is 9.95. The second-order valence-corrected chi connectivity index (χ2v) is 6.36. The van der Waals surface area contributed by atoms with Gasteiger partial charge in [-0.05, 0) is 31.5 Å². The fraction of sp³-hybridized carbons (Fsp3) is 0.412. The minimum absolute atomic E-state index is 0.0949. The topological polar surface area (TPSA) is 49.8 Å². The summed E-state index contributed by atoms with van der Waals surface area (Å²) in [7, 11) is 1.89. The van der Waals surface area contributed by atoms with Crippen LogP contribution in [0.2, 0.25) is 0 Å². The molecule has 2 rings (SSSR count). The highest BCUT2D eigenvalue weighted by atomic mass is 15.1. The molecule has 1 aromatic heterocycles. The van der Waals surface area contributed by atoms with Crippen molar-refractivity contribution in [3.8, 4) is 0 Å². The molecular formula is C17H24N4. The van der Waals surface area contributed by atoms with E-state index < -0.39 is 0 Å². The zero-order chi connectivity index (χ0) is 15.6. The van der Waals surface area contributed by atoms with E-state index in [0.717, 1.165) is 28.7 Å². The first kappa shape index (κ1) is 15.3. The van der Waals surface area contributed by atoms with Gasteiger partial charge in [-0.3, -0.25) is 0 Å². The average Bonchev–Trinajstić information content (AvgIpc) is 2.40. The molecule has 4 nitrogen and oxygen atoms in total.